The van der Waals surface area contributed by atoms with E-state index < -0.39 is 5.97 Å². The van der Waals surface area contributed by atoms with E-state index in [9.17, 15) is 4.79 Å². The lowest BCUT2D eigenvalue weighted by Gasteiger charge is -2.23. The smallest absolute Gasteiger partial charge is 0.341 e. The zero-order chi connectivity index (χ0) is 21.5. The van der Waals surface area contributed by atoms with E-state index in [-0.39, 0.29) is 6.04 Å². The SMILES string of the molecule is CCOC=C(C(=O)OC)c1ccccc1C(=S)C(Nc1ccc(OC)cc1)C1CC1. The second-order valence-corrected chi connectivity index (χ2v) is 7.52. The zero-order valence-corrected chi connectivity index (χ0v) is 18.3. The number of carbonyl (C=O) groups excluding carboxylic acids is 1. The van der Waals surface area contributed by atoms with Gasteiger partial charge in [0, 0.05) is 16.1 Å². The molecule has 30 heavy (non-hydrogen) atoms. The number of nitrogens with one attached hydrogen (secondary N) is 1. The number of anilines is 1. The Balaban J connectivity index is 1.93. The summed E-state index contributed by atoms with van der Waals surface area (Å²) in [4.78, 5) is 13.2. The topological polar surface area (TPSA) is 56.8 Å². The fourth-order valence-electron chi connectivity index (χ4n) is 3.29. The molecule has 3 rings (SSSR count). The molecule has 1 N–H and O–H groups in total. The molecule has 1 aliphatic carbocycles. The highest BCUT2D eigenvalue weighted by Crippen LogP contribution is 2.37. The number of hydrogen-bond donors (Lipinski definition) is 1. The molecule has 0 spiro atoms. The Kier molecular flexibility index (Phi) is 7.46. The molecule has 0 bridgehead atoms. The maximum Gasteiger partial charge on any atom is 0.341 e. The van der Waals surface area contributed by atoms with Gasteiger partial charge in [-0.2, -0.15) is 0 Å². The van der Waals surface area contributed by atoms with E-state index in [1.807, 2.05) is 55.5 Å². The van der Waals surface area contributed by atoms with Crippen molar-refractivity contribution in [3.8, 4) is 5.75 Å². The largest absolute Gasteiger partial charge is 0.501 e. The molecule has 0 aliphatic heterocycles. The van der Waals surface area contributed by atoms with Crippen molar-refractivity contribution in [2.24, 2.45) is 5.92 Å². The Morgan fingerprint density at radius 2 is 1.80 bits per heavy atom. The van der Waals surface area contributed by atoms with Crippen molar-refractivity contribution < 1.29 is 19.0 Å². The van der Waals surface area contributed by atoms with Crippen molar-refractivity contribution in [3.05, 3.63) is 65.9 Å². The lowest BCUT2D eigenvalue weighted by atomic mass is 9.93. The van der Waals surface area contributed by atoms with Gasteiger partial charge in [-0.25, -0.2) is 4.79 Å². The van der Waals surface area contributed by atoms with Gasteiger partial charge in [-0.1, -0.05) is 36.5 Å². The van der Waals surface area contributed by atoms with Crippen LogP contribution in [-0.2, 0) is 14.3 Å². The van der Waals surface area contributed by atoms with E-state index in [1.54, 1.807) is 7.11 Å². The molecule has 2 aromatic carbocycles. The van der Waals surface area contributed by atoms with Gasteiger partial charge >= 0.3 is 5.97 Å². The van der Waals surface area contributed by atoms with Crippen LogP contribution >= 0.6 is 12.2 Å². The first-order valence-electron chi connectivity index (χ1n) is 10.0. The van der Waals surface area contributed by atoms with E-state index in [0.29, 0.717) is 23.7 Å². The summed E-state index contributed by atoms with van der Waals surface area (Å²) in [5.74, 6) is 0.815. The average Bonchev–Trinajstić information content (AvgIpc) is 3.63. The van der Waals surface area contributed by atoms with Crippen LogP contribution in [0.5, 0.6) is 5.75 Å². The molecule has 1 atom stereocenters. The van der Waals surface area contributed by atoms with Crippen molar-refractivity contribution in [3.63, 3.8) is 0 Å². The maximum absolute atomic E-state index is 12.4. The van der Waals surface area contributed by atoms with Crippen molar-refractivity contribution >= 4 is 34.3 Å². The first-order chi connectivity index (χ1) is 14.6. The minimum atomic E-state index is -0.454. The summed E-state index contributed by atoms with van der Waals surface area (Å²) in [5, 5.41) is 3.58. The summed E-state index contributed by atoms with van der Waals surface area (Å²) < 4.78 is 15.6. The van der Waals surface area contributed by atoms with Gasteiger partial charge in [0.2, 0.25) is 0 Å². The van der Waals surface area contributed by atoms with Gasteiger partial charge in [0.15, 0.2) is 0 Å². The van der Waals surface area contributed by atoms with Gasteiger partial charge in [0.05, 0.1) is 33.1 Å². The summed E-state index contributed by atoms with van der Waals surface area (Å²) in [6.45, 7) is 2.32. The standard InChI is InChI=1S/C24H27NO4S/c1-4-29-15-21(24(26)28-3)19-7-5-6-8-20(19)23(30)22(16-9-10-16)25-17-11-13-18(27-2)14-12-17/h5-8,11-16,22,25H,4,9-10H2,1-3H3. The quantitative estimate of drug-likeness (QED) is 0.193. The van der Waals surface area contributed by atoms with Crippen molar-refractivity contribution in [2.45, 2.75) is 25.8 Å². The van der Waals surface area contributed by atoms with Gasteiger partial charge in [0.25, 0.3) is 0 Å². The van der Waals surface area contributed by atoms with E-state index in [4.69, 9.17) is 26.4 Å². The third-order valence-corrected chi connectivity index (χ3v) is 5.52. The van der Waals surface area contributed by atoms with Crippen molar-refractivity contribution in [1.82, 2.24) is 0 Å². The third kappa shape index (κ3) is 5.19. The highest BCUT2D eigenvalue weighted by molar-refractivity contribution is 7.81. The Labute approximate surface area is 183 Å². The average molecular weight is 426 g/mol. The monoisotopic (exact) mass is 425 g/mol. The highest BCUT2D eigenvalue weighted by Gasteiger charge is 2.35. The highest BCUT2D eigenvalue weighted by atomic mass is 32.1. The van der Waals surface area contributed by atoms with Gasteiger partial charge in [-0.3, -0.25) is 0 Å². The summed E-state index contributed by atoms with van der Waals surface area (Å²) in [6.07, 6.45) is 3.69. The molecule has 1 aliphatic rings. The first-order valence-corrected chi connectivity index (χ1v) is 10.4. The second kappa shape index (κ2) is 10.3. The van der Waals surface area contributed by atoms with Crippen LogP contribution < -0.4 is 10.1 Å². The molecule has 1 fully saturated rings. The van der Waals surface area contributed by atoms with Crippen LogP contribution in [0.1, 0.15) is 30.9 Å². The molecular formula is C24H27NO4S. The van der Waals surface area contributed by atoms with Crippen LogP contribution in [0.2, 0.25) is 0 Å². The fraction of sp³-hybridized carbons (Fsp3) is 0.333. The Morgan fingerprint density at radius 1 is 1.13 bits per heavy atom. The van der Waals surface area contributed by atoms with Crippen molar-refractivity contribution in [2.75, 3.05) is 26.1 Å². The molecule has 2 aromatic rings. The van der Waals surface area contributed by atoms with Crippen LogP contribution in [0, 0.1) is 5.92 Å². The van der Waals surface area contributed by atoms with E-state index >= 15 is 0 Å². The Hall–Kier alpha value is -2.86. The number of thiocarbonyl (C=S) groups is 1. The van der Waals surface area contributed by atoms with Crippen LogP contribution in [-0.4, -0.2) is 37.7 Å². The molecular weight excluding hydrogens is 398 g/mol. The molecule has 0 aromatic heterocycles. The maximum atomic E-state index is 12.4. The van der Waals surface area contributed by atoms with Crippen LogP contribution in [0.4, 0.5) is 5.69 Å². The Bertz CT molecular complexity index is 919. The number of ether oxygens (including phenoxy) is 3. The third-order valence-electron chi connectivity index (χ3n) is 5.04. The predicted molar refractivity (Wildman–Crippen MR) is 123 cm³/mol. The number of carbonyl (C=O) groups is 1. The Morgan fingerprint density at radius 3 is 2.37 bits per heavy atom. The molecule has 1 saturated carbocycles. The second-order valence-electron chi connectivity index (χ2n) is 7.08. The molecule has 0 saturated heterocycles. The van der Waals surface area contributed by atoms with E-state index in [2.05, 4.69) is 5.32 Å². The van der Waals surface area contributed by atoms with Gasteiger partial charge < -0.3 is 19.5 Å². The van der Waals surface area contributed by atoms with Crippen LogP contribution in [0.15, 0.2) is 54.8 Å². The molecule has 158 valence electrons. The van der Waals surface area contributed by atoms with Crippen LogP contribution in [0.3, 0.4) is 0 Å². The summed E-state index contributed by atoms with van der Waals surface area (Å²) >= 11 is 5.94. The number of methoxy groups -OCH3 is 2. The van der Waals surface area contributed by atoms with Crippen molar-refractivity contribution in [1.29, 1.82) is 0 Å². The zero-order valence-electron chi connectivity index (χ0n) is 17.5. The van der Waals surface area contributed by atoms with Gasteiger partial charge in [-0.15, -0.1) is 0 Å². The first kappa shape index (κ1) is 21.8. The number of hydrogen-bond acceptors (Lipinski definition) is 6. The molecule has 1 unspecified atom stereocenters. The lowest BCUT2D eigenvalue weighted by Crippen LogP contribution is -2.32. The predicted octanol–water partition coefficient (Wildman–Crippen LogP) is 4.85. The number of rotatable bonds is 10. The molecule has 6 heteroatoms. The minimum absolute atomic E-state index is 0.0134. The van der Waals surface area contributed by atoms with E-state index in [1.165, 1.54) is 13.4 Å². The van der Waals surface area contributed by atoms with Gasteiger partial charge in [-0.05, 0) is 55.5 Å². The minimum Gasteiger partial charge on any atom is -0.501 e. The summed E-state index contributed by atoms with van der Waals surface area (Å²) in [6, 6.07) is 15.4. The summed E-state index contributed by atoms with van der Waals surface area (Å²) in [7, 11) is 3.01. The molecule has 5 nitrogen and oxygen atoms in total. The molecule has 0 radical (unpaired) electrons. The molecule has 0 amide bonds. The normalized spacial score (nSPS) is 14.6. The lowest BCUT2D eigenvalue weighted by molar-refractivity contribution is -0.133. The molecule has 0 heterocycles. The summed E-state index contributed by atoms with van der Waals surface area (Å²) in [5.41, 5.74) is 2.88. The number of esters is 1. The van der Waals surface area contributed by atoms with E-state index in [0.717, 1.165) is 34.7 Å². The van der Waals surface area contributed by atoms with Crippen LogP contribution in [0.25, 0.3) is 5.57 Å². The fourth-order valence-corrected chi connectivity index (χ4v) is 3.72. The number of benzene rings is 2. The van der Waals surface area contributed by atoms with Gasteiger partial charge in [0.1, 0.15) is 11.3 Å².